The minimum Gasteiger partial charge on any atom is -0.384 e. The highest BCUT2D eigenvalue weighted by molar-refractivity contribution is 6.30. The van der Waals surface area contributed by atoms with Crippen LogP contribution < -0.4 is 5.73 Å². The number of hydrogen-bond donors (Lipinski definition) is 2. The molecular weight excluding hydrogens is 500 g/mol. The summed E-state index contributed by atoms with van der Waals surface area (Å²) in [6.07, 6.45) is -1.12. The van der Waals surface area contributed by atoms with Crippen LogP contribution in [0.5, 0.6) is 0 Å². The summed E-state index contributed by atoms with van der Waals surface area (Å²) in [7, 11) is 0. The largest absolute Gasteiger partial charge is 0.384 e. The van der Waals surface area contributed by atoms with E-state index in [9.17, 15) is 18.7 Å². The second kappa shape index (κ2) is 12.1. The molecule has 0 spiro atoms. The Balaban J connectivity index is 2.21. The van der Waals surface area contributed by atoms with E-state index >= 15 is 0 Å². The number of hydrogen-bond acceptors (Lipinski definition) is 5. The van der Waals surface area contributed by atoms with Crippen molar-refractivity contribution in [3.8, 4) is 11.4 Å². The summed E-state index contributed by atoms with van der Waals surface area (Å²) in [4.78, 5) is 19.5. The third-order valence-electron chi connectivity index (χ3n) is 6.00. The van der Waals surface area contributed by atoms with E-state index in [1.807, 2.05) is 51.1 Å². The summed E-state index contributed by atoms with van der Waals surface area (Å²) in [5.74, 6) is -0.569. The highest BCUT2D eigenvalue weighted by atomic mass is 35.5. The molecule has 1 amide bonds. The normalized spacial score (nSPS) is 14.3. The van der Waals surface area contributed by atoms with Crippen molar-refractivity contribution >= 4 is 17.5 Å². The zero-order chi connectivity index (χ0) is 27.3. The monoisotopic (exact) mass is 533 g/mol. The van der Waals surface area contributed by atoms with E-state index in [2.05, 4.69) is 5.10 Å². The summed E-state index contributed by atoms with van der Waals surface area (Å²) in [6.45, 7) is 6.82. The molecule has 7 nitrogen and oxygen atoms in total. The molecule has 2 aromatic carbocycles. The van der Waals surface area contributed by atoms with Crippen LogP contribution in [-0.4, -0.2) is 56.0 Å². The fraction of sp³-hybridized carbons (Fsp3) is 0.444. The molecule has 0 aliphatic heterocycles. The fourth-order valence-corrected chi connectivity index (χ4v) is 4.37. The lowest BCUT2D eigenvalue weighted by Crippen LogP contribution is -2.47. The van der Waals surface area contributed by atoms with Gasteiger partial charge in [-0.25, -0.2) is 18.4 Å². The van der Waals surface area contributed by atoms with Gasteiger partial charge in [0.1, 0.15) is 18.6 Å². The van der Waals surface area contributed by atoms with Crippen LogP contribution in [0.3, 0.4) is 0 Å². The molecular formula is C27H34ClF2N5O2. The number of alkyl halides is 1. The van der Waals surface area contributed by atoms with Crippen LogP contribution in [0.25, 0.3) is 11.4 Å². The maximum atomic E-state index is 14.8. The molecule has 0 aliphatic carbocycles. The molecule has 1 aromatic heterocycles. The molecule has 3 aromatic rings. The maximum Gasteiger partial charge on any atom is 0.251 e. The molecule has 1 heterocycles. The second-order valence-electron chi connectivity index (χ2n) is 10.2. The number of aromatic nitrogens is 3. The molecule has 0 saturated carbocycles. The van der Waals surface area contributed by atoms with Gasteiger partial charge in [0.25, 0.3) is 5.91 Å². The van der Waals surface area contributed by atoms with Crippen LogP contribution >= 0.6 is 11.6 Å². The zero-order valence-electron chi connectivity index (χ0n) is 21.5. The van der Waals surface area contributed by atoms with Crippen LogP contribution in [0.15, 0.2) is 48.5 Å². The van der Waals surface area contributed by atoms with E-state index < -0.39 is 42.0 Å². The Morgan fingerprint density at radius 1 is 1.22 bits per heavy atom. The van der Waals surface area contributed by atoms with E-state index in [1.54, 1.807) is 4.68 Å². The summed E-state index contributed by atoms with van der Waals surface area (Å²) < 4.78 is 29.6. The van der Waals surface area contributed by atoms with Crippen LogP contribution in [0, 0.1) is 11.2 Å². The SMILES string of the molecule is C[C@H](O)C(=O)N(CC[C@H](N)CF)[C@@H](c1nc(-c2cc(Cl)ccc2F)nn1Cc1ccccc1)C(C)(C)C. The van der Waals surface area contributed by atoms with Crippen molar-refractivity contribution < 1.29 is 18.7 Å². The van der Waals surface area contributed by atoms with Gasteiger partial charge in [-0.05, 0) is 42.5 Å². The van der Waals surface area contributed by atoms with E-state index in [-0.39, 0.29) is 24.4 Å². The molecule has 10 heteroatoms. The second-order valence-corrected chi connectivity index (χ2v) is 10.7. The van der Waals surface area contributed by atoms with Gasteiger partial charge in [0.05, 0.1) is 18.2 Å². The predicted molar refractivity (Wildman–Crippen MR) is 140 cm³/mol. The number of benzene rings is 2. The van der Waals surface area contributed by atoms with E-state index in [0.717, 1.165) is 5.56 Å². The molecule has 0 unspecified atom stereocenters. The highest BCUT2D eigenvalue weighted by Gasteiger charge is 2.40. The number of halogens is 3. The van der Waals surface area contributed by atoms with Gasteiger partial charge in [-0.2, -0.15) is 5.10 Å². The van der Waals surface area contributed by atoms with Crippen molar-refractivity contribution in [3.05, 3.63) is 70.8 Å². The number of aliphatic hydroxyl groups is 1. The molecule has 3 atom stereocenters. The molecule has 3 rings (SSSR count). The highest BCUT2D eigenvalue weighted by Crippen LogP contribution is 2.39. The maximum absolute atomic E-state index is 14.8. The van der Waals surface area contributed by atoms with Crippen molar-refractivity contribution in [1.82, 2.24) is 19.7 Å². The number of aliphatic hydroxyl groups excluding tert-OH is 1. The molecule has 0 bridgehead atoms. The first-order chi connectivity index (χ1) is 17.4. The minimum atomic E-state index is -1.30. The smallest absolute Gasteiger partial charge is 0.251 e. The number of carbonyl (C=O) groups excluding carboxylic acids is 1. The average molecular weight is 534 g/mol. The van der Waals surface area contributed by atoms with Gasteiger partial charge in [0.15, 0.2) is 11.6 Å². The van der Waals surface area contributed by atoms with Crippen molar-refractivity contribution in [3.63, 3.8) is 0 Å². The van der Waals surface area contributed by atoms with Crippen LogP contribution in [-0.2, 0) is 11.3 Å². The Morgan fingerprint density at radius 3 is 2.49 bits per heavy atom. The molecule has 3 N–H and O–H groups in total. The quantitative estimate of drug-likeness (QED) is 0.391. The van der Waals surface area contributed by atoms with Gasteiger partial charge < -0.3 is 15.7 Å². The van der Waals surface area contributed by atoms with Crippen LogP contribution in [0.2, 0.25) is 5.02 Å². The van der Waals surface area contributed by atoms with Gasteiger partial charge in [-0.1, -0.05) is 62.7 Å². The molecule has 0 fully saturated rings. The summed E-state index contributed by atoms with van der Waals surface area (Å²) in [5.41, 5.74) is 6.27. The summed E-state index contributed by atoms with van der Waals surface area (Å²) in [6, 6.07) is 12.2. The molecule has 0 radical (unpaired) electrons. The molecule has 200 valence electrons. The Hall–Kier alpha value is -2.88. The number of nitrogens with two attached hydrogens (primary N) is 1. The van der Waals surface area contributed by atoms with Gasteiger partial charge in [-0.3, -0.25) is 4.79 Å². The third kappa shape index (κ3) is 7.12. The summed E-state index contributed by atoms with van der Waals surface area (Å²) in [5, 5.41) is 15.2. The Kier molecular flexibility index (Phi) is 9.39. The first-order valence-electron chi connectivity index (χ1n) is 12.2. The van der Waals surface area contributed by atoms with Crippen molar-refractivity contribution in [2.45, 2.75) is 58.8 Å². The van der Waals surface area contributed by atoms with E-state index in [4.69, 9.17) is 22.3 Å². The van der Waals surface area contributed by atoms with Gasteiger partial charge in [-0.15, -0.1) is 0 Å². The number of amides is 1. The molecule has 0 aliphatic rings. The van der Waals surface area contributed by atoms with Gasteiger partial charge in [0.2, 0.25) is 0 Å². The minimum absolute atomic E-state index is 0.0931. The molecule has 37 heavy (non-hydrogen) atoms. The standard InChI is InChI=1S/C27H34ClF2N5O2/c1-17(36)26(37)34(13-12-20(31)15-29)23(27(2,3)4)25-32-24(21-14-19(28)10-11-22(21)30)33-35(25)16-18-8-6-5-7-9-18/h5-11,14,17,20,23,36H,12-13,15-16,31H2,1-4H3/t17-,20-,23-/m0/s1. The first-order valence-corrected chi connectivity index (χ1v) is 12.5. The van der Waals surface area contributed by atoms with E-state index in [0.29, 0.717) is 17.4 Å². The summed E-state index contributed by atoms with van der Waals surface area (Å²) >= 11 is 6.14. The van der Waals surface area contributed by atoms with Crippen molar-refractivity contribution in [2.24, 2.45) is 11.1 Å². The van der Waals surface area contributed by atoms with Crippen molar-refractivity contribution in [1.29, 1.82) is 0 Å². The number of rotatable bonds is 10. The lowest BCUT2D eigenvalue weighted by atomic mass is 9.84. The van der Waals surface area contributed by atoms with Crippen molar-refractivity contribution in [2.75, 3.05) is 13.2 Å². The average Bonchev–Trinajstić information content (AvgIpc) is 3.24. The van der Waals surface area contributed by atoms with E-state index in [1.165, 1.54) is 30.0 Å². The fourth-order valence-electron chi connectivity index (χ4n) is 4.19. The number of nitrogens with zero attached hydrogens (tertiary/aromatic N) is 4. The molecule has 0 saturated heterocycles. The lowest BCUT2D eigenvalue weighted by Gasteiger charge is -2.40. The Bertz CT molecular complexity index is 1200. The Morgan fingerprint density at radius 2 is 1.89 bits per heavy atom. The third-order valence-corrected chi connectivity index (χ3v) is 6.24. The zero-order valence-corrected chi connectivity index (χ0v) is 22.3. The van der Waals surface area contributed by atoms with Crippen LogP contribution in [0.1, 0.15) is 51.5 Å². The Labute approximate surface area is 221 Å². The van der Waals surface area contributed by atoms with Gasteiger partial charge in [0, 0.05) is 17.6 Å². The first kappa shape index (κ1) is 28.7. The predicted octanol–water partition coefficient (Wildman–Crippen LogP) is 4.77. The topological polar surface area (TPSA) is 97.3 Å². The lowest BCUT2D eigenvalue weighted by molar-refractivity contribution is -0.145. The number of carbonyl (C=O) groups is 1. The van der Waals surface area contributed by atoms with Gasteiger partial charge >= 0.3 is 0 Å². The van der Waals surface area contributed by atoms with Crippen LogP contribution in [0.4, 0.5) is 8.78 Å².